The number of hydrogen-bond acceptors (Lipinski definition) is 4. The van der Waals surface area contributed by atoms with Crippen molar-refractivity contribution in [2.24, 2.45) is 5.92 Å². The Morgan fingerprint density at radius 1 is 1.05 bits per heavy atom. The zero-order chi connectivity index (χ0) is 26.8. The van der Waals surface area contributed by atoms with Crippen molar-refractivity contribution in [2.45, 2.75) is 83.5 Å². The largest absolute Gasteiger partial charge is 0.490 e. The fourth-order valence-electron chi connectivity index (χ4n) is 5.46. The smallest absolute Gasteiger partial charge is 0.411 e. The molecule has 3 fully saturated rings. The molecule has 2 heterocycles. The van der Waals surface area contributed by atoms with Crippen LogP contribution in [0, 0.1) is 17.8 Å². The van der Waals surface area contributed by atoms with Gasteiger partial charge in [0.15, 0.2) is 0 Å². The molecule has 3 aliphatic rings. The number of carbonyl (C=O) groups is 1. The highest BCUT2D eigenvalue weighted by Gasteiger charge is 2.28. The maximum absolute atomic E-state index is 12.1. The van der Waals surface area contributed by atoms with Gasteiger partial charge in [0.1, 0.15) is 11.9 Å². The molecule has 1 aromatic heterocycles. The quantitative estimate of drug-likeness (QED) is 0.321. The zero-order valence-corrected chi connectivity index (χ0v) is 23.0. The Morgan fingerprint density at radius 2 is 1.82 bits per heavy atom. The normalized spacial score (nSPS) is 17.9. The summed E-state index contributed by atoms with van der Waals surface area (Å²) in [6.07, 6.45) is 8.57. The van der Waals surface area contributed by atoms with E-state index in [2.05, 4.69) is 52.1 Å². The first-order valence-corrected chi connectivity index (χ1v) is 14.5. The topological polar surface area (TPSA) is 61.7 Å². The van der Waals surface area contributed by atoms with Gasteiger partial charge in [-0.2, -0.15) is 0 Å². The Bertz CT molecular complexity index is 1380. The summed E-state index contributed by atoms with van der Waals surface area (Å²) in [7, 11) is 0. The number of carbonyl (C=O) groups excluding carboxylic acids is 1. The third-order valence-electron chi connectivity index (χ3n) is 7.94. The van der Waals surface area contributed by atoms with Gasteiger partial charge in [0, 0.05) is 42.4 Å². The van der Waals surface area contributed by atoms with Gasteiger partial charge in [-0.3, -0.25) is 5.32 Å². The number of nitrogens with zero attached hydrogens (tertiary/aromatic N) is 1. The van der Waals surface area contributed by atoms with E-state index in [-0.39, 0.29) is 12.2 Å². The summed E-state index contributed by atoms with van der Waals surface area (Å²) in [6, 6.07) is 15.0. The van der Waals surface area contributed by atoms with Gasteiger partial charge in [-0.05, 0) is 81.7 Å². The average Bonchev–Trinajstić information content (AvgIpc) is 3.67. The Labute approximate surface area is 231 Å². The van der Waals surface area contributed by atoms with Gasteiger partial charge in [0.25, 0.3) is 0 Å². The molecule has 0 unspecified atom stereocenters. The fraction of sp³-hybridized carbons (Fsp3) is 0.485. The first-order valence-electron chi connectivity index (χ1n) is 14.5. The van der Waals surface area contributed by atoms with E-state index in [0.29, 0.717) is 11.7 Å². The van der Waals surface area contributed by atoms with E-state index in [4.69, 9.17) is 14.2 Å². The lowest BCUT2D eigenvalue weighted by Crippen LogP contribution is -2.25. The average molecular weight is 527 g/mol. The highest BCUT2D eigenvalue weighted by Crippen LogP contribution is 2.44. The molecule has 2 aliphatic carbocycles. The summed E-state index contributed by atoms with van der Waals surface area (Å²) in [5.74, 6) is 8.79. The van der Waals surface area contributed by atoms with Crippen molar-refractivity contribution in [2.75, 3.05) is 18.5 Å². The molecular formula is C33H38N2O4. The van der Waals surface area contributed by atoms with Gasteiger partial charge < -0.3 is 18.8 Å². The van der Waals surface area contributed by atoms with Crippen LogP contribution in [-0.2, 0) is 9.47 Å². The van der Waals surface area contributed by atoms with Crippen molar-refractivity contribution in [1.29, 1.82) is 0 Å². The molecule has 3 aromatic rings. The van der Waals surface area contributed by atoms with E-state index < -0.39 is 6.09 Å². The minimum absolute atomic E-state index is 0.167. The number of rotatable bonds is 7. The lowest BCUT2D eigenvalue weighted by atomic mass is 9.92. The second kappa shape index (κ2) is 11.4. The minimum atomic E-state index is -0.440. The Balaban J connectivity index is 1.40. The van der Waals surface area contributed by atoms with Crippen LogP contribution in [0.3, 0.4) is 0 Å². The lowest BCUT2D eigenvalue weighted by Gasteiger charge is -2.30. The molecule has 0 radical (unpaired) electrons. The van der Waals surface area contributed by atoms with E-state index in [1.165, 1.54) is 30.2 Å². The first-order chi connectivity index (χ1) is 19.0. The number of benzene rings is 2. The summed E-state index contributed by atoms with van der Waals surface area (Å²) in [4.78, 5) is 12.1. The van der Waals surface area contributed by atoms with Crippen molar-refractivity contribution in [1.82, 2.24) is 4.57 Å². The van der Waals surface area contributed by atoms with Crippen LogP contribution in [0.4, 0.5) is 10.5 Å². The molecule has 1 aliphatic heterocycles. The number of ether oxygens (including phenoxy) is 3. The minimum Gasteiger partial charge on any atom is -0.490 e. The van der Waals surface area contributed by atoms with Gasteiger partial charge in [-0.25, -0.2) is 4.79 Å². The monoisotopic (exact) mass is 526 g/mol. The van der Waals surface area contributed by atoms with E-state index in [1.54, 1.807) is 0 Å². The molecular weight excluding hydrogens is 488 g/mol. The van der Waals surface area contributed by atoms with Crippen LogP contribution in [0.2, 0.25) is 0 Å². The molecule has 0 bridgehead atoms. The number of hydrogen-bond donors (Lipinski definition) is 1. The second-order valence-electron chi connectivity index (χ2n) is 11.4. The summed E-state index contributed by atoms with van der Waals surface area (Å²) in [6.45, 7) is 5.20. The summed E-state index contributed by atoms with van der Waals surface area (Å²) < 4.78 is 19.7. The highest BCUT2D eigenvalue weighted by atomic mass is 16.6. The summed E-state index contributed by atoms with van der Waals surface area (Å²) in [5, 5.41) is 4.01. The summed E-state index contributed by atoms with van der Waals surface area (Å²) in [5.41, 5.74) is 5.26. The summed E-state index contributed by atoms with van der Waals surface area (Å²) >= 11 is 0. The van der Waals surface area contributed by atoms with Crippen LogP contribution < -0.4 is 10.1 Å². The van der Waals surface area contributed by atoms with Crippen molar-refractivity contribution >= 4 is 22.7 Å². The molecule has 39 heavy (non-hydrogen) atoms. The molecule has 0 atom stereocenters. The van der Waals surface area contributed by atoms with E-state index in [0.717, 1.165) is 73.8 Å². The fourth-order valence-corrected chi connectivity index (χ4v) is 5.46. The van der Waals surface area contributed by atoms with Gasteiger partial charge in [-0.1, -0.05) is 24.0 Å². The number of aromatic nitrogens is 1. The third kappa shape index (κ3) is 5.94. The maximum Gasteiger partial charge on any atom is 0.411 e. The molecule has 204 valence electrons. The van der Waals surface area contributed by atoms with Crippen LogP contribution in [0.25, 0.3) is 22.2 Å². The van der Waals surface area contributed by atoms with Crippen LogP contribution in [0.15, 0.2) is 42.5 Å². The van der Waals surface area contributed by atoms with E-state index >= 15 is 0 Å². The molecule has 0 spiro atoms. The molecule has 6 heteroatoms. The van der Waals surface area contributed by atoms with Gasteiger partial charge in [-0.15, -0.1) is 0 Å². The number of amides is 1. The molecule has 2 aromatic carbocycles. The van der Waals surface area contributed by atoms with Crippen molar-refractivity contribution in [3.05, 3.63) is 48.0 Å². The van der Waals surface area contributed by atoms with Gasteiger partial charge in [0.2, 0.25) is 0 Å². The predicted molar refractivity (Wildman–Crippen MR) is 154 cm³/mol. The van der Waals surface area contributed by atoms with Crippen LogP contribution in [0.1, 0.15) is 76.8 Å². The highest BCUT2D eigenvalue weighted by molar-refractivity contribution is 5.96. The molecule has 6 rings (SSSR count). The molecule has 1 saturated heterocycles. The SMILES string of the molecule is CC(C)OC(=O)Nc1ccc(-c2c(C#CCC3CC3)c3ccc(OC4CCOCC4)cc3n2C2CCC2)cc1. The molecule has 6 nitrogen and oxygen atoms in total. The van der Waals surface area contributed by atoms with E-state index in [9.17, 15) is 4.79 Å². The standard InChI is InChI=1S/C33H38N2O4/c1-22(2)38-33(36)34-25-13-11-24(12-14-25)32-30(8-3-5-23-9-10-23)29-16-15-28(39-27-17-19-37-20-18-27)21-31(29)35(32)26-6-4-7-26/h11-16,21-23,26-27H,4-7,9-10,17-20H2,1-2H3,(H,34,36). The number of fused-ring (bicyclic) bond motifs is 1. The van der Waals surface area contributed by atoms with E-state index in [1.807, 2.05) is 26.0 Å². The van der Waals surface area contributed by atoms with Crippen LogP contribution >= 0.6 is 0 Å². The van der Waals surface area contributed by atoms with Crippen molar-refractivity contribution < 1.29 is 19.0 Å². The zero-order valence-electron chi connectivity index (χ0n) is 23.0. The van der Waals surface area contributed by atoms with Gasteiger partial charge >= 0.3 is 6.09 Å². The van der Waals surface area contributed by atoms with Crippen LogP contribution in [0.5, 0.6) is 5.75 Å². The van der Waals surface area contributed by atoms with Crippen molar-refractivity contribution in [3.8, 4) is 28.8 Å². The number of nitrogens with one attached hydrogen (secondary N) is 1. The third-order valence-corrected chi connectivity index (χ3v) is 7.94. The van der Waals surface area contributed by atoms with Crippen LogP contribution in [-0.4, -0.2) is 36.1 Å². The Kier molecular flexibility index (Phi) is 7.52. The molecule has 1 N–H and O–H groups in total. The predicted octanol–water partition coefficient (Wildman–Crippen LogP) is 7.70. The maximum atomic E-state index is 12.1. The first kappa shape index (κ1) is 25.8. The Morgan fingerprint density at radius 3 is 2.49 bits per heavy atom. The lowest BCUT2D eigenvalue weighted by molar-refractivity contribution is 0.0256. The second-order valence-corrected chi connectivity index (χ2v) is 11.4. The van der Waals surface area contributed by atoms with Crippen molar-refractivity contribution in [3.63, 3.8) is 0 Å². The molecule has 2 saturated carbocycles. The Hall–Kier alpha value is -3.43. The van der Waals surface area contributed by atoms with Gasteiger partial charge in [0.05, 0.1) is 36.1 Å². The number of anilines is 1. The molecule has 1 amide bonds.